The molecule has 2 heterocycles. The van der Waals surface area contributed by atoms with Crippen molar-refractivity contribution < 1.29 is 4.74 Å². The molecule has 3 nitrogen and oxygen atoms in total. The third-order valence-corrected chi connectivity index (χ3v) is 4.14. The average Bonchev–Trinajstić information content (AvgIpc) is 3.11. The van der Waals surface area contributed by atoms with Crippen LogP contribution in [0.1, 0.15) is 13.3 Å². The van der Waals surface area contributed by atoms with Crippen LogP contribution in [0.4, 0.5) is 0 Å². The Kier molecular flexibility index (Phi) is 4.14. The molecule has 20 heavy (non-hydrogen) atoms. The zero-order valence-electron chi connectivity index (χ0n) is 11.6. The Morgan fingerprint density at radius 3 is 2.90 bits per heavy atom. The first-order chi connectivity index (χ1) is 9.90. The monoisotopic (exact) mass is 286 g/mol. The minimum absolute atomic E-state index is 0.780. The van der Waals surface area contributed by atoms with Crippen LogP contribution in [0, 0.1) is 0 Å². The summed E-state index contributed by atoms with van der Waals surface area (Å²) >= 11 is 1.73. The summed E-state index contributed by atoms with van der Waals surface area (Å²) in [6.45, 7) is 4.55. The number of aryl methyl sites for hydroxylation is 1. The third kappa shape index (κ3) is 2.62. The van der Waals surface area contributed by atoms with Gasteiger partial charge in [0.05, 0.1) is 15.9 Å². The predicted molar refractivity (Wildman–Crippen MR) is 84.2 cm³/mol. The molecule has 104 valence electrons. The van der Waals surface area contributed by atoms with Gasteiger partial charge in [-0.15, -0.1) is 11.3 Å². The van der Waals surface area contributed by atoms with Crippen LogP contribution in [-0.2, 0) is 11.3 Å². The van der Waals surface area contributed by atoms with Crippen LogP contribution >= 0.6 is 11.3 Å². The van der Waals surface area contributed by atoms with Gasteiger partial charge in [-0.3, -0.25) is 0 Å². The number of nitrogens with zero attached hydrogens (tertiary/aromatic N) is 2. The number of benzene rings is 1. The highest BCUT2D eigenvalue weighted by Crippen LogP contribution is 2.28. The highest BCUT2D eigenvalue weighted by atomic mass is 32.1. The molecule has 4 heteroatoms. The summed E-state index contributed by atoms with van der Waals surface area (Å²) in [4.78, 5) is 6.01. The third-order valence-electron chi connectivity index (χ3n) is 3.27. The first-order valence-corrected chi connectivity index (χ1v) is 7.85. The molecule has 0 saturated heterocycles. The summed E-state index contributed by atoms with van der Waals surface area (Å²) in [5.41, 5.74) is 2.26. The van der Waals surface area contributed by atoms with Gasteiger partial charge < -0.3 is 9.30 Å². The molecule has 0 unspecified atom stereocenters. The molecular weight excluding hydrogens is 268 g/mol. The number of thiophene rings is 1. The Labute approximate surface area is 122 Å². The van der Waals surface area contributed by atoms with E-state index in [1.165, 1.54) is 10.4 Å². The van der Waals surface area contributed by atoms with Crippen LogP contribution in [0.3, 0.4) is 0 Å². The SMILES string of the molecule is CCOCCCn1c(-c2cccs2)nc2ccccc21. The Balaban J connectivity index is 1.96. The van der Waals surface area contributed by atoms with Crippen LogP contribution in [0.5, 0.6) is 0 Å². The fraction of sp³-hybridized carbons (Fsp3) is 0.312. The molecule has 0 aliphatic heterocycles. The van der Waals surface area contributed by atoms with Crippen molar-refractivity contribution in [1.82, 2.24) is 9.55 Å². The van der Waals surface area contributed by atoms with Gasteiger partial charge in [0.2, 0.25) is 0 Å². The maximum Gasteiger partial charge on any atom is 0.151 e. The number of hydrogen-bond acceptors (Lipinski definition) is 3. The summed E-state index contributed by atoms with van der Waals surface area (Å²) in [5.74, 6) is 1.07. The molecule has 0 fully saturated rings. The summed E-state index contributed by atoms with van der Waals surface area (Å²) < 4.78 is 7.75. The highest BCUT2D eigenvalue weighted by Gasteiger charge is 2.12. The van der Waals surface area contributed by atoms with Crippen molar-refractivity contribution in [3.63, 3.8) is 0 Å². The molecule has 0 atom stereocenters. The summed E-state index contributed by atoms with van der Waals surface area (Å²) in [6.07, 6.45) is 1.01. The lowest BCUT2D eigenvalue weighted by atomic mass is 10.3. The molecule has 0 radical (unpaired) electrons. The van der Waals surface area contributed by atoms with E-state index in [9.17, 15) is 0 Å². The average molecular weight is 286 g/mol. The molecule has 0 spiro atoms. The molecule has 1 aromatic carbocycles. The fourth-order valence-electron chi connectivity index (χ4n) is 2.36. The molecule has 0 aliphatic carbocycles. The Hall–Kier alpha value is -1.65. The number of rotatable bonds is 6. The van der Waals surface area contributed by atoms with Crippen LogP contribution in [0.15, 0.2) is 41.8 Å². The minimum atomic E-state index is 0.780. The lowest BCUT2D eigenvalue weighted by molar-refractivity contribution is 0.142. The number of para-hydroxylation sites is 2. The van der Waals surface area contributed by atoms with Gasteiger partial charge in [-0.05, 0) is 36.9 Å². The number of fused-ring (bicyclic) bond motifs is 1. The van der Waals surface area contributed by atoms with E-state index in [1.807, 2.05) is 13.0 Å². The van der Waals surface area contributed by atoms with Crippen molar-refractivity contribution in [2.45, 2.75) is 19.9 Å². The van der Waals surface area contributed by atoms with Gasteiger partial charge in [0.1, 0.15) is 0 Å². The molecule has 0 amide bonds. The lowest BCUT2D eigenvalue weighted by Crippen LogP contribution is -2.04. The van der Waals surface area contributed by atoms with Crippen LogP contribution in [0.25, 0.3) is 21.7 Å². The summed E-state index contributed by atoms with van der Waals surface area (Å²) in [6, 6.07) is 12.5. The van der Waals surface area contributed by atoms with E-state index >= 15 is 0 Å². The predicted octanol–water partition coefficient (Wildman–Crippen LogP) is 4.19. The van der Waals surface area contributed by atoms with Crippen LogP contribution in [-0.4, -0.2) is 22.8 Å². The maximum absolute atomic E-state index is 5.44. The van der Waals surface area contributed by atoms with E-state index in [1.54, 1.807) is 11.3 Å². The van der Waals surface area contributed by atoms with E-state index in [4.69, 9.17) is 9.72 Å². The van der Waals surface area contributed by atoms with Crippen LogP contribution < -0.4 is 0 Å². The van der Waals surface area contributed by atoms with Gasteiger partial charge in [0, 0.05) is 19.8 Å². The van der Waals surface area contributed by atoms with Gasteiger partial charge in [0.15, 0.2) is 5.82 Å². The number of ether oxygens (including phenoxy) is 1. The van der Waals surface area contributed by atoms with Crippen molar-refractivity contribution in [2.75, 3.05) is 13.2 Å². The standard InChI is InChI=1S/C16H18N2OS/c1-2-19-11-6-10-18-14-8-4-3-7-13(14)17-16(18)15-9-5-12-20-15/h3-5,7-9,12H,2,6,10-11H2,1H3. The maximum atomic E-state index is 5.44. The van der Waals surface area contributed by atoms with Gasteiger partial charge in [0.25, 0.3) is 0 Å². The molecule has 3 rings (SSSR count). The second-order valence-electron chi connectivity index (χ2n) is 4.60. The number of hydrogen-bond donors (Lipinski definition) is 0. The molecule has 0 bridgehead atoms. The van der Waals surface area contributed by atoms with Crippen molar-refractivity contribution in [3.8, 4) is 10.7 Å². The Morgan fingerprint density at radius 2 is 2.10 bits per heavy atom. The highest BCUT2D eigenvalue weighted by molar-refractivity contribution is 7.13. The molecule has 0 aliphatic rings. The molecule has 0 N–H and O–H groups in total. The normalized spacial score (nSPS) is 11.2. The van der Waals surface area contributed by atoms with Gasteiger partial charge in [-0.25, -0.2) is 4.98 Å². The first kappa shape index (κ1) is 13.3. The van der Waals surface area contributed by atoms with E-state index < -0.39 is 0 Å². The van der Waals surface area contributed by atoms with Crippen molar-refractivity contribution >= 4 is 22.4 Å². The number of imidazole rings is 1. The second kappa shape index (κ2) is 6.20. The number of aromatic nitrogens is 2. The van der Waals surface area contributed by atoms with Crippen molar-refractivity contribution in [2.24, 2.45) is 0 Å². The van der Waals surface area contributed by atoms with E-state index in [-0.39, 0.29) is 0 Å². The van der Waals surface area contributed by atoms with Gasteiger partial charge in [-0.2, -0.15) is 0 Å². The molecule has 0 saturated carbocycles. The van der Waals surface area contributed by atoms with Gasteiger partial charge >= 0.3 is 0 Å². The zero-order chi connectivity index (χ0) is 13.8. The summed E-state index contributed by atoms with van der Waals surface area (Å²) in [7, 11) is 0. The van der Waals surface area contributed by atoms with E-state index in [0.717, 1.165) is 37.5 Å². The van der Waals surface area contributed by atoms with Crippen LogP contribution in [0.2, 0.25) is 0 Å². The Bertz CT molecular complexity index is 673. The topological polar surface area (TPSA) is 27.1 Å². The quantitative estimate of drug-likeness (QED) is 0.635. The molecular formula is C16H18N2OS. The Morgan fingerprint density at radius 1 is 1.20 bits per heavy atom. The summed E-state index contributed by atoms with van der Waals surface area (Å²) in [5, 5.41) is 2.10. The molecule has 3 aromatic rings. The van der Waals surface area contributed by atoms with E-state index in [2.05, 4.69) is 40.3 Å². The smallest absolute Gasteiger partial charge is 0.151 e. The second-order valence-corrected chi connectivity index (χ2v) is 5.55. The largest absolute Gasteiger partial charge is 0.382 e. The van der Waals surface area contributed by atoms with Crippen molar-refractivity contribution in [1.29, 1.82) is 0 Å². The molecule has 2 aromatic heterocycles. The first-order valence-electron chi connectivity index (χ1n) is 6.97. The lowest BCUT2D eigenvalue weighted by Gasteiger charge is -2.08. The minimum Gasteiger partial charge on any atom is -0.382 e. The fourth-order valence-corrected chi connectivity index (χ4v) is 3.09. The zero-order valence-corrected chi connectivity index (χ0v) is 12.4. The van der Waals surface area contributed by atoms with E-state index in [0.29, 0.717) is 0 Å². The van der Waals surface area contributed by atoms with Gasteiger partial charge in [-0.1, -0.05) is 18.2 Å². The van der Waals surface area contributed by atoms with Crippen molar-refractivity contribution in [3.05, 3.63) is 41.8 Å².